The molecular weight excluding hydrogens is 230 g/mol. The lowest BCUT2D eigenvalue weighted by Gasteiger charge is -2.08. The number of hydrogen-bond acceptors (Lipinski definition) is 4. The van der Waals surface area contributed by atoms with Crippen molar-refractivity contribution in [2.45, 2.75) is 33.2 Å². The number of Topliss-reactive ketones (excluding diaryl/α,β-unsaturated/α-hetero) is 1. The second-order valence-electron chi connectivity index (χ2n) is 4.61. The minimum absolute atomic E-state index is 0.246. The summed E-state index contributed by atoms with van der Waals surface area (Å²) >= 11 is 0. The highest BCUT2D eigenvalue weighted by molar-refractivity contribution is 5.75. The monoisotopic (exact) mass is 249 g/mol. The molecule has 0 fully saturated rings. The Labute approximate surface area is 107 Å². The third-order valence-electron chi connectivity index (χ3n) is 3.03. The van der Waals surface area contributed by atoms with Crippen molar-refractivity contribution in [1.29, 1.82) is 0 Å². The van der Waals surface area contributed by atoms with E-state index in [0.29, 0.717) is 13.2 Å². The molecule has 18 heavy (non-hydrogen) atoms. The zero-order valence-electron chi connectivity index (χ0n) is 10.9. The number of aryl methyl sites for hydroxylation is 1. The van der Waals surface area contributed by atoms with Crippen LogP contribution < -0.4 is 14.8 Å². The molecular formula is C14H19NO3. The van der Waals surface area contributed by atoms with Gasteiger partial charge in [-0.05, 0) is 50.1 Å². The van der Waals surface area contributed by atoms with Crippen LogP contribution in [0.2, 0.25) is 0 Å². The van der Waals surface area contributed by atoms with Crippen LogP contribution in [0.1, 0.15) is 30.9 Å². The number of hydrogen-bond donors (Lipinski definition) is 1. The summed E-state index contributed by atoms with van der Waals surface area (Å²) in [7, 11) is 0. The lowest BCUT2D eigenvalue weighted by Crippen LogP contribution is -2.16. The van der Waals surface area contributed by atoms with Crippen molar-refractivity contribution in [1.82, 2.24) is 5.32 Å². The molecule has 0 saturated heterocycles. The van der Waals surface area contributed by atoms with Gasteiger partial charge in [-0.25, -0.2) is 0 Å². The van der Waals surface area contributed by atoms with Crippen molar-refractivity contribution in [2.24, 2.45) is 0 Å². The van der Waals surface area contributed by atoms with Gasteiger partial charge in [-0.2, -0.15) is 0 Å². The first-order chi connectivity index (χ1) is 8.66. The van der Waals surface area contributed by atoms with E-state index in [1.54, 1.807) is 6.92 Å². The lowest BCUT2D eigenvalue weighted by molar-refractivity contribution is -0.117. The number of nitrogens with one attached hydrogen (secondary N) is 1. The first-order valence-corrected chi connectivity index (χ1v) is 6.26. The first-order valence-electron chi connectivity index (χ1n) is 6.26. The van der Waals surface area contributed by atoms with Crippen LogP contribution in [0.4, 0.5) is 0 Å². The first kappa shape index (κ1) is 12.9. The van der Waals surface area contributed by atoms with Crippen molar-refractivity contribution < 1.29 is 14.3 Å². The Morgan fingerprint density at radius 3 is 2.78 bits per heavy atom. The van der Waals surface area contributed by atoms with E-state index in [1.165, 1.54) is 11.1 Å². The molecule has 4 heteroatoms. The molecule has 0 unspecified atom stereocenters. The van der Waals surface area contributed by atoms with Gasteiger partial charge in [0.1, 0.15) is 5.78 Å². The van der Waals surface area contributed by atoms with Gasteiger partial charge in [-0.15, -0.1) is 0 Å². The van der Waals surface area contributed by atoms with Crippen LogP contribution in [0.5, 0.6) is 11.5 Å². The largest absolute Gasteiger partial charge is 0.454 e. The lowest BCUT2D eigenvalue weighted by atomic mass is 10.1. The van der Waals surface area contributed by atoms with E-state index in [-0.39, 0.29) is 5.78 Å². The molecule has 0 saturated carbocycles. The van der Waals surface area contributed by atoms with E-state index in [2.05, 4.69) is 12.2 Å². The zero-order chi connectivity index (χ0) is 13.0. The summed E-state index contributed by atoms with van der Waals surface area (Å²) in [6.07, 6.45) is 1.53. The average Bonchev–Trinajstić information content (AvgIpc) is 2.75. The van der Waals surface area contributed by atoms with Crippen LogP contribution >= 0.6 is 0 Å². The summed E-state index contributed by atoms with van der Waals surface area (Å²) in [6, 6.07) is 4.03. The molecule has 0 radical (unpaired) electrons. The maximum Gasteiger partial charge on any atom is 0.231 e. The predicted molar refractivity (Wildman–Crippen MR) is 68.9 cm³/mol. The van der Waals surface area contributed by atoms with Gasteiger partial charge in [0.05, 0.1) is 0 Å². The second kappa shape index (κ2) is 5.87. The van der Waals surface area contributed by atoms with Crippen molar-refractivity contribution >= 4 is 5.78 Å². The summed E-state index contributed by atoms with van der Waals surface area (Å²) in [6.45, 7) is 5.65. The van der Waals surface area contributed by atoms with E-state index < -0.39 is 0 Å². The molecule has 1 aromatic rings. The van der Waals surface area contributed by atoms with Gasteiger partial charge >= 0.3 is 0 Å². The third kappa shape index (κ3) is 3.23. The van der Waals surface area contributed by atoms with Crippen LogP contribution in [0.15, 0.2) is 12.1 Å². The fraction of sp³-hybridized carbons (Fsp3) is 0.500. The van der Waals surface area contributed by atoms with Crippen molar-refractivity contribution in [3.8, 4) is 11.5 Å². The molecule has 1 aromatic carbocycles. The van der Waals surface area contributed by atoms with Crippen LogP contribution in [-0.4, -0.2) is 19.1 Å². The van der Waals surface area contributed by atoms with E-state index in [9.17, 15) is 4.79 Å². The summed E-state index contributed by atoms with van der Waals surface area (Å²) in [5, 5.41) is 3.34. The Kier molecular flexibility index (Phi) is 4.20. The average molecular weight is 249 g/mol. The van der Waals surface area contributed by atoms with Crippen molar-refractivity contribution in [3.05, 3.63) is 23.3 Å². The normalized spacial score (nSPS) is 12.8. The molecule has 1 N–H and O–H groups in total. The number of fused-ring (bicyclic) bond motifs is 1. The number of carbonyl (C=O) groups is 1. The molecule has 0 spiro atoms. The Morgan fingerprint density at radius 1 is 1.33 bits per heavy atom. The van der Waals surface area contributed by atoms with Crippen molar-refractivity contribution in [3.63, 3.8) is 0 Å². The van der Waals surface area contributed by atoms with Gasteiger partial charge in [-0.1, -0.05) is 0 Å². The van der Waals surface area contributed by atoms with Crippen LogP contribution in [-0.2, 0) is 11.3 Å². The second-order valence-corrected chi connectivity index (χ2v) is 4.61. The standard InChI is InChI=1S/C14H19NO3/c1-10-6-13-14(18-9-17-13)7-12(10)8-15-5-3-4-11(2)16/h6-7,15H,3-5,8-9H2,1-2H3. The summed E-state index contributed by atoms with van der Waals surface area (Å²) in [5.41, 5.74) is 2.40. The topological polar surface area (TPSA) is 47.6 Å². The number of ketones is 1. The smallest absolute Gasteiger partial charge is 0.231 e. The maximum atomic E-state index is 10.8. The van der Waals surface area contributed by atoms with Crippen LogP contribution in [0, 0.1) is 6.92 Å². The third-order valence-corrected chi connectivity index (χ3v) is 3.03. The van der Waals surface area contributed by atoms with Crippen molar-refractivity contribution in [2.75, 3.05) is 13.3 Å². The summed E-state index contributed by atoms with van der Waals surface area (Å²) < 4.78 is 10.7. The van der Waals surface area contributed by atoms with Gasteiger partial charge in [0.2, 0.25) is 6.79 Å². The van der Waals surface area contributed by atoms with E-state index in [1.807, 2.05) is 12.1 Å². The molecule has 0 aromatic heterocycles. The minimum atomic E-state index is 0.246. The molecule has 1 aliphatic heterocycles. The minimum Gasteiger partial charge on any atom is -0.454 e. The number of carbonyl (C=O) groups excluding carboxylic acids is 1. The summed E-state index contributed by atoms with van der Waals surface area (Å²) in [4.78, 5) is 10.8. The van der Waals surface area contributed by atoms with Gasteiger partial charge in [0.15, 0.2) is 11.5 Å². The molecule has 98 valence electrons. The van der Waals surface area contributed by atoms with Gasteiger partial charge in [0, 0.05) is 13.0 Å². The molecule has 0 amide bonds. The Hall–Kier alpha value is -1.55. The van der Waals surface area contributed by atoms with E-state index >= 15 is 0 Å². The highest BCUT2D eigenvalue weighted by Crippen LogP contribution is 2.34. The Morgan fingerprint density at radius 2 is 2.06 bits per heavy atom. The van der Waals surface area contributed by atoms with Crippen LogP contribution in [0.3, 0.4) is 0 Å². The molecule has 0 aliphatic carbocycles. The Bertz CT molecular complexity index is 443. The van der Waals surface area contributed by atoms with Gasteiger partial charge in [0.25, 0.3) is 0 Å². The predicted octanol–water partition coefficient (Wildman–Crippen LogP) is 2.18. The zero-order valence-corrected chi connectivity index (χ0v) is 10.9. The number of rotatable bonds is 6. The highest BCUT2D eigenvalue weighted by Gasteiger charge is 2.15. The van der Waals surface area contributed by atoms with Crippen LogP contribution in [0.25, 0.3) is 0 Å². The molecule has 2 rings (SSSR count). The molecule has 1 aliphatic rings. The number of benzene rings is 1. The molecule has 0 atom stereocenters. The quantitative estimate of drug-likeness (QED) is 0.785. The summed E-state index contributed by atoms with van der Waals surface area (Å²) in [5.74, 6) is 1.89. The highest BCUT2D eigenvalue weighted by atomic mass is 16.7. The molecule has 1 heterocycles. The van der Waals surface area contributed by atoms with E-state index in [4.69, 9.17) is 9.47 Å². The fourth-order valence-electron chi connectivity index (χ4n) is 1.96. The van der Waals surface area contributed by atoms with Gasteiger partial charge in [-0.3, -0.25) is 0 Å². The fourth-order valence-corrected chi connectivity index (χ4v) is 1.96. The maximum absolute atomic E-state index is 10.8. The number of ether oxygens (including phenoxy) is 2. The SMILES string of the molecule is CC(=O)CCCNCc1cc2c(cc1C)OCO2. The molecule has 4 nitrogen and oxygen atoms in total. The molecule has 0 bridgehead atoms. The van der Waals surface area contributed by atoms with E-state index in [0.717, 1.165) is 31.0 Å². The Balaban J connectivity index is 1.84. The van der Waals surface area contributed by atoms with Gasteiger partial charge < -0.3 is 19.6 Å².